The Kier molecular flexibility index (Phi) is 7.26. The van der Waals surface area contributed by atoms with Crippen molar-refractivity contribution in [3.05, 3.63) is 101 Å². The van der Waals surface area contributed by atoms with Crippen molar-refractivity contribution in [3.8, 4) is 5.69 Å². The van der Waals surface area contributed by atoms with Gasteiger partial charge in [0.05, 0.1) is 11.3 Å². The van der Waals surface area contributed by atoms with Gasteiger partial charge in [-0.05, 0) is 68.4 Å². The summed E-state index contributed by atoms with van der Waals surface area (Å²) in [7, 11) is 3.87. The minimum absolute atomic E-state index is 0.0857. The summed E-state index contributed by atoms with van der Waals surface area (Å²) < 4.78 is 43.6. The number of alkyl halides is 3. The van der Waals surface area contributed by atoms with Crippen LogP contribution in [-0.4, -0.2) is 42.6 Å². The minimum atomic E-state index is -4.49. The smallest absolute Gasteiger partial charge is 0.351 e. The van der Waals surface area contributed by atoms with Crippen molar-refractivity contribution in [2.24, 2.45) is 0 Å². The average Bonchev–Trinajstić information content (AvgIpc) is 3.29. The predicted molar refractivity (Wildman–Crippen MR) is 133 cm³/mol. The van der Waals surface area contributed by atoms with E-state index in [-0.39, 0.29) is 11.6 Å². The van der Waals surface area contributed by atoms with E-state index in [1.54, 1.807) is 16.7 Å². The van der Waals surface area contributed by atoms with Crippen LogP contribution in [-0.2, 0) is 11.0 Å². The van der Waals surface area contributed by atoms with Crippen LogP contribution in [0.15, 0.2) is 84.5 Å². The molecule has 1 aromatic heterocycles. The molecule has 0 aliphatic heterocycles. The van der Waals surface area contributed by atoms with Crippen LogP contribution in [0, 0.1) is 0 Å². The number of para-hydroxylation sites is 1. The Morgan fingerprint density at radius 1 is 0.971 bits per heavy atom. The first-order chi connectivity index (χ1) is 16.8. The lowest BCUT2D eigenvalue weighted by Crippen LogP contribution is -2.32. The molecule has 1 N–H and O–H groups in total. The van der Waals surface area contributed by atoms with Gasteiger partial charge in [-0.15, -0.1) is 0 Å². The second kappa shape index (κ2) is 10.4. The van der Waals surface area contributed by atoms with E-state index in [0.29, 0.717) is 30.3 Å². The van der Waals surface area contributed by atoms with E-state index < -0.39 is 11.7 Å². The number of amides is 1. The Morgan fingerprint density at radius 3 is 2.29 bits per heavy atom. The zero-order valence-corrected chi connectivity index (χ0v) is 19.8. The summed E-state index contributed by atoms with van der Waals surface area (Å²) in [5, 5.41) is 4.28. The number of carbonyl (C=O) groups is 1. The Labute approximate surface area is 202 Å². The van der Waals surface area contributed by atoms with Crippen LogP contribution in [0.2, 0.25) is 0 Å². The molecule has 0 radical (unpaired) electrons. The second-order valence-electron chi connectivity index (χ2n) is 8.75. The van der Waals surface area contributed by atoms with Gasteiger partial charge in [-0.3, -0.25) is 4.79 Å². The van der Waals surface area contributed by atoms with E-state index in [1.807, 2.05) is 67.6 Å². The lowest BCUT2D eigenvalue weighted by atomic mass is 10.0. The fraction of sp³-hybridized carbons (Fsp3) is 0.250. The van der Waals surface area contributed by atoms with Gasteiger partial charge in [-0.2, -0.15) is 13.2 Å². The predicted octanol–water partition coefficient (Wildman–Crippen LogP) is 3.88. The molecule has 0 saturated carbocycles. The third-order valence-corrected chi connectivity index (χ3v) is 5.98. The molecule has 4 nitrogen and oxygen atoms in total. The Hall–Kier alpha value is -3.58. The van der Waals surface area contributed by atoms with Crippen molar-refractivity contribution in [2.45, 2.75) is 19.0 Å². The number of benzene rings is 1. The third-order valence-electron chi connectivity index (χ3n) is 5.98. The fourth-order valence-corrected chi connectivity index (χ4v) is 4.21. The maximum atomic E-state index is 14.0. The van der Waals surface area contributed by atoms with E-state index in [4.69, 9.17) is 0 Å². The van der Waals surface area contributed by atoms with E-state index in [2.05, 4.69) is 5.32 Å². The number of rotatable bonds is 5. The van der Waals surface area contributed by atoms with Gasteiger partial charge < -0.3 is 14.8 Å². The lowest BCUT2D eigenvalue weighted by molar-refractivity contribution is -0.137. The normalized spacial score (nSPS) is 18.7. The van der Waals surface area contributed by atoms with Gasteiger partial charge in [-0.25, -0.2) is 0 Å². The molecule has 35 heavy (non-hydrogen) atoms. The van der Waals surface area contributed by atoms with Crippen molar-refractivity contribution in [1.82, 2.24) is 14.8 Å². The van der Waals surface area contributed by atoms with Gasteiger partial charge in [0, 0.05) is 29.4 Å². The van der Waals surface area contributed by atoms with Crippen molar-refractivity contribution in [1.29, 1.82) is 0 Å². The molecule has 182 valence electrons. The SMILES string of the molecule is CN(C)CCNC(=O)C1=CCC(=c2ccc(=C3C=CC=CC3)n2-c2ccccc2C(F)(F)F)C=C1. The summed E-state index contributed by atoms with van der Waals surface area (Å²) in [6.45, 7) is 1.27. The highest BCUT2D eigenvalue weighted by Crippen LogP contribution is 2.33. The summed E-state index contributed by atoms with van der Waals surface area (Å²) >= 11 is 0. The van der Waals surface area contributed by atoms with Crippen LogP contribution in [0.3, 0.4) is 0 Å². The lowest BCUT2D eigenvalue weighted by Gasteiger charge is -2.17. The summed E-state index contributed by atoms with van der Waals surface area (Å²) in [5.41, 5.74) is 1.73. The van der Waals surface area contributed by atoms with Crippen LogP contribution >= 0.6 is 0 Å². The van der Waals surface area contributed by atoms with E-state index in [1.165, 1.54) is 12.1 Å². The van der Waals surface area contributed by atoms with E-state index in [0.717, 1.165) is 29.1 Å². The number of nitrogens with zero attached hydrogens (tertiary/aromatic N) is 2. The zero-order valence-electron chi connectivity index (χ0n) is 19.8. The first-order valence-corrected chi connectivity index (χ1v) is 11.5. The fourth-order valence-electron chi connectivity index (χ4n) is 4.21. The number of hydrogen-bond donors (Lipinski definition) is 1. The Balaban J connectivity index is 1.80. The highest BCUT2D eigenvalue weighted by Gasteiger charge is 2.34. The molecule has 1 heterocycles. The van der Waals surface area contributed by atoms with Crippen LogP contribution in [0.5, 0.6) is 0 Å². The summed E-state index contributed by atoms with van der Waals surface area (Å²) in [6.07, 6.45) is 9.70. The van der Waals surface area contributed by atoms with Crippen molar-refractivity contribution in [2.75, 3.05) is 27.2 Å². The first kappa shape index (κ1) is 24.5. The topological polar surface area (TPSA) is 37.3 Å². The van der Waals surface area contributed by atoms with Crippen molar-refractivity contribution < 1.29 is 18.0 Å². The number of carbonyl (C=O) groups excluding carboxylic acids is 1. The molecule has 0 bridgehead atoms. The molecular weight excluding hydrogens is 451 g/mol. The molecule has 0 spiro atoms. The molecule has 2 aliphatic rings. The van der Waals surface area contributed by atoms with Crippen molar-refractivity contribution in [3.63, 3.8) is 0 Å². The molecule has 0 fully saturated rings. The molecule has 2 aromatic rings. The zero-order chi connectivity index (χ0) is 25.0. The maximum absolute atomic E-state index is 14.0. The number of hydrogen-bond acceptors (Lipinski definition) is 2. The average molecular weight is 480 g/mol. The maximum Gasteiger partial charge on any atom is 0.418 e. The number of nitrogens with one attached hydrogen (secondary N) is 1. The Bertz CT molecular complexity index is 1350. The molecule has 2 aliphatic carbocycles. The highest BCUT2D eigenvalue weighted by atomic mass is 19.4. The number of halogens is 3. The van der Waals surface area contributed by atoms with Crippen LogP contribution < -0.4 is 16.0 Å². The van der Waals surface area contributed by atoms with Crippen molar-refractivity contribution >= 4 is 17.1 Å². The standard InChI is InChI=1S/C28H28F3N3O/c1-33(2)19-18-32-27(35)22-14-12-21(13-15-22)25-17-16-24(20-8-4-3-5-9-20)34(25)26-11-7-6-10-23(26)28(29,30)31/h3-8,10-12,14-17H,9,13,18-19H2,1-2H3,(H,32,35). The number of allylic oxidation sites excluding steroid dienone is 6. The van der Waals surface area contributed by atoms with E-state index >= 15 is 0 Å². The number of likely N-dealkylation sites (N-methyl/N-ethyl adjacent to an activating group) is 1. The molecule has 0 saturated heterocycles. The molecule has 1 amide bonds. The Morgan fingerprint density at radius 2 is 1.69 bits per heavy atom. The summed E-state index contributed by atoms with van der Waals surface area (Å²) in [5.74, 6) is -0.157. The van der Waals surface area contributed by atoms with Gasteiger partial charge in [-0.1, -0.05) is 48.6 Å². The van der Waals surface area contributed by atoms with Gasteiger partial charge in [0.15, 0.2) is 0 Å². The molecule has 4 rings (SSSR count). The van der Waals surface area contributed by atoms with Gasteiger partial charge in [0.25, 0.3) is 5.91 Å². The molecule has 7 heteroatoms. The largest absolute Gasteiger partial charge is 0.418 e. The minimum Gasteiger partial charge on any atom is -0.351 e. The monoisotopic (exact) mass is 479 g/mol. The van der Waals surface area contributed by atoms with Gasteiger partial charge >= 0.3 is 6.18 Å². The molecule has 1 aromatic carbocycles. The highest BCUT2D eigenvalue weighted by molar-refractivity contribution is 5.97. The first-order valence-electron chi connectivity index (χ1n) is 11.5. The number of aromatic nitrogens is 1. The van der Waals surface area contributed by atoms with Crippen LogP contribution in [0.25, 0.3) is 16.8 Å². The molecule has 0 unspecified atom stereocenters. The molecular formula is C28H28F3N3O. The quantitative estimate of drug-likeness (QED) is 0.707. The van der Waals surface area contributed by atoms with Crippen LogP contribution in [0.4, 0.5) is 13.2 Å². The van der Waals surface area contributed by atoms with Gasteiger partial charge in [0.1, 0.15) is 0 Å². The summed E-state index contributed by atoms with van der Waals surface area (Å²) in [6, 6.07) is 9.37. The van der Waals surface area contributed by atoms with Crippen LogP contribution in [0.1, 0.15) is 18.4 Å². The summed E-state index contributed by atoms with van der Waals surface area (Å²) in [4.78, 5) is 14.5. The van der Waals surface area contributed by atoms with E-state index in [9.17, 15) is 18.0 Å². The van der Waals surface area contributed by atoms with Gasteiger partial charge in [0.2, 0.25) is 0 Å². The molecule has 0 atom stereocenters. The second-order valence-corrected chi connectivity index (χ2v) is 8.75. The third kappa shape index (κ3) is 5.57.